The van der Waals surface area contributed by atoms with Crippen LogP contribution in [0.5, 0.6) is 0 Å². The van der Waals surface area contributed by atoms with Gasteiger partial charge < -0.3 is 0 Å². The lowest BCUT2D eigenvalue weighted by molar-refractivity contribution is 1.09. The molecule has 0 unspecified atom stereocenters. The molecule has 0 spiro atoms. The van der Waals surface area contributed by atoms with Crippen LogP contribution in [0.25, 0.3) is 10.4 Å². The molecule has 1 aromatic heterocycles. The maximum atomic E-state index is 8.03. The topological polar surface area (TPSA) is 61.7 Å². The maximum Gasteiger partial charge on any atom is 0.115 e. The van der Waals surface area contributed by atoms with Gasteiger partial charge in [0.25, 0.3) is 0 Å². The van der Waals surface area contributed by atoms with Gasteiger partial charge in [0.05, 0.1) is 5.02 Å². The van der Waals surface area contributed by atoms with Crippen molar-refractivity contribution in [3.8, 4) is 0 Å². The smallest absolute Gasteiger partial charge is 0.115 e. The fourth-order valence-electron chi connectivity index (χ4n) is 0.705. The standard InChI is InChI=1S/C7H7ClN4S/c8-6-2-1-3-10-7(6)13-5-4-11-12-9/h1-3H,4-5H2. The summed E-state index contributed by atoms with van der Waals surface area (Å²) in [6.07, 6.45) is 1.68. The molecule has 13 heavy (non-hydrogen) atoms. The molecule has 0 fully saturated rings. The molecule has 0 atom stereocenters. The van der Waals surface area contributed by atoms with Gasteiger partial charge in [-0.3, -0.25) is 0 Å². The molecule has 6 heteroatoms. The number of rotatable bonds is 4. The Balaban J connectivity index is 2.45. The average Bonchev–Trinajstić information content (AvgIpc) is 2.15. The molecule has 68 valence electrons. The number of azide groups is 1. The van der Waals surface area contributed by atoms with Crippen molar-refractivity contribution in [2.45, 2.75) is 5.03 Å². The molecule has 0 amide bonds. The van der Waals surface area contributed by atoms with E-state index >= 15 is 0 Å². The van der Waals surface area contributed by atoms with Gasteiger partial charge in [0.15, 0.2) is 0 Å². The van der Waals surface area contributed by atoms with Gasteiger partial charge in [-0.25, -0.2) is 4.98 Å². The van der Waals surface area contributed by atoms with Gasteiger partial charge in [-0.05, 0) is 17.7 Å². The van der Waals surface area contributed by atoms with Crippen molar-refractivity contribution in [3.63, 3.8) is 0 Å². The Bertz CT molecular complexity index is 324. The van der Waals surface area contributed by atoms with Gasteiger partial charge in [0, 0.05) is 23.4 Å². The molecule has 1 heterocycles. The van der Waals surface area contributed by atoms with Crippen LogP contribution in [0.4, 0.5) is 0 Å². The zero-order chi connectivity index (χ0) is 9.52. The molecule has 0 N–H and O–H groups in total. The third kappa shape index (κ3) is 3.55. The number of hydrogen-bond donors (Lipinski definition) is 0. The zero-order valence-corrected chi connectivity index (χ0v) is 8.29. The third-order valence-corrected chi connectivity index (χ3v) is 2.62. The van der Waals surface area contributed by atoms with E-state index in [1.54, 1.807) is 18.3 Å². The zero-order valence-electron chi connectivity index (χ0n) is 6.72. The Kier molecular flexibility index (Phi) is 4.46. The number of aromatic nitrogens is 1. The lowest BCUT2D eigenvalue weighted by Crippen LogP contribution is -1.86. The summed E-state index contributed by atoms with van der Waals surface area (Å²) in [6, 6.07) is 3.56. The normalized spacial score (nSPS) is 9.31. The molecule has 1 rings (SSSR count). The molecule has 0 aliphatic rings. The number of hydrogen-bond acceptors (Lipinski definition) is 3. The summed E-state index contributed by atoms with van der Waals surface area (Å²) >= 11 is 7.33. The molecule has 0 aliphatic heterocycles. The Labute approximate surface area is 84.9 Å². The predicted octanol–water partition coefficient (Wildman–Crippen LogP) is 3.14. The second kappa shape index (κ2) is 5.70. The van der Waals surface area contributed by atoms with Crippen LogP contribution < -0.4 is 0 Å². The summed E-state index contributed by atoms with van der Waals surface area (Å²) < 4.78 is 0. The second-order valence-electron chi connectivity index (χ2n) is 2.09. The Hall–Kier alpha value is -0.900. The van der Waals surface area contributed by atoms with Crippen molar-refractivity contribution in [1.29, 1.82) is 0 Å². The molecule has 0 saturated carbocycles. The van der Waals surface area contributed by atoms with Gasteiger partial charge in [0.1, 0.15) is 5.03 Å². The van der Waals surface area contributed by atoms with Gasteiger partial charge in [-0.15, -0.1) is 11.8 Å². The second-order valence-corrected chi connectivity index (χ2v) is 3.58. The van der Waals surface area contributed by atoms with Crippen molar-refractivity contribution in [2.75, 3.05) is 12.3 Å². The van der Waals surface area contributed by atoms with Crippen LogP contribution in [0.3, 0.4) is 0 Å². The lowest BCUT2D eigenvalue weighted by Gasteiger charge is -1.99. The van der Waals surface area contributed by atoms with Crippen LogP contribution >= 0.6 is 23.4 Å². The quantitative estimate of drug-likeness (QED) is 0.254. The number of pyridine rings is 1. The van der Waals surface area contributed by atoms with E-state index in [1.807, 2.05) is 0 Å². The van der Waals surface area contributed by atoms with E-state index in [4.69, 9.17) is 17.1 Å². The molecule has 1 aromatic rings. The van der Waals surface area contributed by atoms with Crippen molar-refractivity contribution >= 4 is 23.4 Å². The number of halogens is 1. The van der Waals surface area contributed by atoms with Crippen molar-refractivity contribution < 1.29 is 0 Å². The van der Waals surface area contributed by atoms with Crippen molar-refractivity contribution in [3.05, 3.63) is 33.8 Å². The van der Waals surface area contributed by atoms with E-state index in [9.17, 15) is 0 Å². The summed E-state index contributed by atoms with van der Waals surface area (Å²) in [5.74, 6) is 0.695. The van der Waals surface area contributed by atoms with E-state index in [0.717, 1.165) is 5.03 Å². The first-order valence-corrected chi connectivity index (χ1v) is 4.95. The summed E-state index contributed by atoms with van der Waals surface area (Å²) in [7, 11) is 0. The highest BCUT2D eigenvalue weighted by Crippen LogP contribution is 2.23. The first kappa shape index (κ1) is 10.2. The highest BCUT2D eigenvalue weighted by Gasteiger charge is 1.99. The van der Waals surface area contributed by atoms with E-state index in [2.05, 4.69) is 15.0 Å². The minimum Gasteiger partial charge on any atom is -0.248 e. The first-order chi connectivity index (χ1) is 6.34. The third-order valence-electron chi connectivity index (χ3n) is 1.22. The molecule has 0 saturated heterocycles. The summed E-state index contributed by atoms with van der Waals surface area (Å²) in [5.41, 5.74) is 8.03. The minimum absolute atomic E-state index is 0.452. The van der Waals surface area contributed by atoms with Crippen LogP contribution in [0.2, 0.25) is 5.02 Å². The van der Waals surface area contributed by atoms with Crippen LogP contribution in [0, 0.1) is 0 Å². The van der Waals surface area contributed by atoms with Crippen molar-refractivity contribution in [1.82, 2.24) is 4.98 Å². The lowest BCUT2D eigenvalue weighted by atomic mass is 10.5. The summed E-state index contributed by atoms with van der Waals surface area (Å²) in [5, 5.41) is 4.81. The van der Waals surface area contributed by atoms with E-state index in [1.165, 1.54) is 11.8 Å². The first-order valence-electron chi connectivity index (χ1n) is 3.59. The van der Waals surface area contributed by atoms with Crippen LogP contribution in [-0.2, 0) is 0 Å². The van der Waals surface area contributed by atoms with Gasteiger partial charge in [-0.1, -0.05) is 16.7 Å². The highest BCUT2D eigenvalue weighted by molar-refractivity contribution is 7.99. The highest BCUT2D eigenvalue weighted by atomic mass is 35.5. The van der Waals surface area contributed by atoms with E-state index in [-0.39, 0.29) is 0 Å². The summed E-state index contributed by atoms with van der Waals surface area (Å²) in [6.45, 7) is 0.452. The predicted molar refractivity (Wildman–Crippen MR) is 54.0 cm³/mol. The van der Waals surface area contributed by atoms with Gasteiger partial charge in [-0.2, -0.15) is 0 Å². The Morgan fingerprint density at radius 1 is 1.69 bits per heavy atom. The van der Waals surface area contributed by atoms with Crippen LogP contribution in [0.15, 0.2) is 28.5 Å². The molecule has 0 bridgehead atoms. The fourth-order valence-corrected chi connectivity index (χ4v) is 1.70. The number of thioether (sulfide) groups is 1. The van der Waals surface area contributed by atoms with E-state index in [0.29, 0.717) is 17.3 Å². The minimum atomic E-state index is 0.452. The Morgan fingerprint density at radius 2 is 2.54 bits per heavy atom. The SMILES string of the molecule is [N-]=[N+]=NCCSc1ncccc1Cl. The van der Waals surface area contributed by atoms with E-state index < -0.39 is 0 Å². The maximum absolute atomic E-state index is 8.03. The monoisotopic (exact) mass is 214 g/mol. The molecule has 0 radical (unpaired) electrons. The molecule has 0 aliphatic carbocycles. The fraction of sp³-hybridized carbons (Fsp3) is 0.286. The van der Waals surface area contributed by atoms with Gasteiger partial charge in [0.2, 0.25) is 0 Å². The summed E-state index contributed by atoms with van der Waals surface area (Å²) in [4.78, 5) is 6.72. The van der Waals surface area contributed by atoms with Crippen LogP contribution in [-0.4, -0.2) is 17.3 Å². The van der Waals surface area contributed by atoms with Gasteiger partial charge >= 0.3 is 0 Å². The largest absolute Gasteiger partial charge is 0.248 e. The average molecular weight is 215 g/mol. The molecule has 4 nitrogen and oxygen atoms in total. The van der Waals surface area contributed by atoms with Crippen molar-refractivity contribution in [2.24, 2.45) is 5.11 Å². The Morgan fingerprint density at radius 3 is 3.23 bits per heavy atom. The van der Waals surface area contributed by atoms with Crippen LogP contribution in [0.1, 0.15) is 0 Å². The molecular formula is C7H7ClN4S. The molecular weight excluding hydrogens is 208 g/mol. The molecule has 0 aromatic carbocycles. The number of nitrogens with zero attached hydrogens (tertiary/aromatic N) is 4.